The van der Waals surface area contributed by atoms with E-state index >= 15 is 0 Å². The van der Waals surface area contributed by atoms with Gasteiger partial charge in [-0.15, -0.1) is 0 Å². The van der Waals surface area contributed by atoms with Crippen LogP contribution in [0, 0.1) is 0 Å². The number of aliphatic carboxylic acids is 1. The summed E-state index contributed by atoms with van der Waals surface area (Å²) in [4.78, 5) is 10.1. The summed E-state index contributed by atoms with van der Waals surface area (Å²) in [5.41, 5.74) is 0. The normalized spacial score (nSPS) is 11.0. The topological polar surface area (TPSA) is 40.1 Å². The monoisotopic (exact) mass is 329 g/mol. The van der Waals surface area contributed by atoms with Crippen LogP contribution in [0.2, 0.25) is 0 Å². The van der Waals surface area contributed by atoms with Crippen molar-refractivity contribution in [3.63, 3.8) is 0 Å². The molecule has 3 heteroatoms. The van der Waals surface area contributed by atoms with E-state index < -0.39 is 5.97 Å². The van der Waals surface area contributed by atoms with E-state index in [0.717, 1.165) is 12.8 Å². The van der Waals surface area contributed by atoms with Crippen LogP contribution < -0.4 is 5.11 Å². The van der Waals surface area contributed by atoms with Crippen LogP contribution in [0.5, 0.6) is 0 Å². The third-order valence-electron chi connectivity index (χ3n) is 5.17. The molecule has 0 atom stereocenters. The Hall–Kier alpha value is -0.570. The predicted molar refractivity (Wildman–Crippen MR) is 99.3 cm³/mol. The van der Waals surface area contributed by atoms with Crippen LogP contribution in [0.25, 0.3) is 0 Å². The first kappa shape index (κ1) is 24.7. The van der Waals surface area contributed by atoms with Crippen LogP contribution in [-0.2, 0) is 4.79 Å². The van der Waals surface area contributed by atoms with Gasteiger partial charge in [0.05, 0.1) is 26.2 Å². The minimum atomic E-state index is -0.909. The molecule has 0 aliphatic heterocycles. The van der Waals surface area contributed by atoms with E-state index in [0.29, 0.717) is 0 Å². The number of rotatable bonds is 14. The Labute approximate surface area is 146 Å². The third kappa shape index (κ3) is 16.1. The molecule has 0 heterocycles. The Morgan fingerprint density at radius 3 is 1.26 bits per heavy atom. The van der Waals surface area contributed by atoms with E-state index in [1.807, 2.05) is 0 Å². The SMILES string of the molecule is CCCCCCCCCCCC(=O)[O-].CC[N+](CC)(CC)CC. The van der Waals surface area contributed by atoms with Crippen molar-refractivity contribution < 1.29 is 14.4 Å². The standard InChI is InChI=1S/C12H24O2.C8H20N/c1-2-3-4-5-6-7-8-9-10-11-12(13)14;1-5-9(6-2,7-3)8-4/h2-11H2,1H3,(H,13,14);5-8H2,1-4H3/q;+1/p-1. The van der Waals surface area contributed by atoms with Gasteiger partial charge in [-0.1, -0.05) is 58.3 Å². The molecule has 0 rings (SSSR count). The molecule has 0 aliphatic rings. The molecule has 3 nitrogen and oxygen atoms in total. The number of unbranched alkanes of at least 4 members (excludes halogenated alkanes) is 8. The van der Waals surface area contributed by atoms with E-state index in [1.165, 1.54) is 75.6 Å². The molecule has 0 aromatic carbocycles. The molecule has 0 aromatic rings. The number of carbonyl (C=O) groups is 1. The van der Waals surface area contributed by atoms with Gasteiger partial charge >= 0.3 is 0 Å². The zero-order valence-corrected chi connectivity index (χ0v) is 16.7. The largest absolute Gasteiger partial charge is 0.550 e. The maximum absolute atomic E-state index is 10.1. The maximum Gasteiger partial charge on any atom is 0.0757 e. The summed E-state index contributed by atoms with van der Waals surface area (Å²) in [6, 6.07) is 0. The van der Waals surface area contributed by atoms with Gasteiger partial charge < -0.3 is 14.4 Å². The Morgan fingerprint density at radius 1 is 0.652 bits per heavy atom. The van der Waals surface area contributed by atoms with Crippen LogP contribution in [0.3, 0.4) is 0 Å². The molecule has 0 amide bonds. The lowest BCUT2D eigenvalue weighted by atomic mass is 10.1. The highest BCUT2D eigenvalue weighted by atomic mass is 16.4. The molecule has 0 fully saturated rings. The zero-order valence-electron chi connectivity index (χ0n) is 16.7. The second-order valence-electron chi connectivity index (χ2n) is 6.56. The quantitative estimate of drug-likeness (QED) is 0.347. The maximum atomic E-state index is 10.1. The first-order valence-corrected chi connectivity index (χ1v) is 10.1. The summed E-state index contributed by atoms with van der Waals surface area (Å²) in [5, 5.41) is 10.1. The van der Waals surface area contributed by atoms with Crippen molar-refractivity contribution in [3.05, 3.63) is 0 Å². The minimum Gasteiger partial charge on any atom is -0.550 e. The fourth-order valence-electron chi connectivity index (χ4n) is 2.92. The highest BCUT2D eigenvalue weighted by molar-refractivity contribution is 5.63. The Bertz CT molecular complexity index is 233. The molecule has 23 heavy (non-hydrogen) atoms. The predicted octanol–water partition coefficient (Wildman–Crippen LogP) is 4.54. The van der Waals surface area contributed by atoms with Gasteiger partial charge in [-0.2, -0.15) is 0 Å². The van der Waals surface area contributed by atoms with Crippen molar-refractivity contribution in [2.75, 3.05) is 26.2 Å². The van der Waals surface area contributed by atoms with Crippen molar-refractivity contribution in [1.29, 1.82) is 0 Å². The lowest BCUT2D eigenvalue weighted by Crippen LogP contribution is -2.47. The van der Waals surface area contributed by atoms with Crippen molar-refractivity contribution in [1.82, 2.24) is 0 Å². The summed E-state index contributed by atoms with van der Waals surface area (Å²) in [7, 11) is 0. The number of carboxylic acid groups (broad SMARTS) is 1. The summed E-state index contributed by atoms with van der Waals surface area (Å²) in [5.74, 6) is -0.909. The van der Waals surface area contributed by atoms with Gasteiger partial charge in [0.25, 0.3) is 0 Å². The van der Waals surface area contributed by atoms with Crippen LogP contribution in [-0.4, -0.2) is 36.6 Å². The molecule has 0 saturated carbocycles. The number of nitrogens with zero attached hydrogens (tertiary/aromatic N) is 1. The smallest absolute Gasteiger partial charge is 0.0757 e. The van der Waals surface area contributed by atoms with Gasteiger partial charge in [0.1, 0.15) is 0 Å². The molecular weight excluding hydrogens is 286 g/mol. The summed E-state index contributed by atoms with van der Waals surface area (Å²) in [6.45, 7) is 16.4. The van der Waals surface area contributed by atoms with Gasteiger partial charge in [-0.3, -0.25) is 0 Å². The lowest BCUT2D eigenvalue weighted by Gasteiger charge is -2.34. The number of quaternary nitrogens is 1. The minimum absolute atomic E-state index is 0.232. The van der Waals surface area contributed by atoms with Gasteiger partial charge in [0.15, 0.2) is 0 Å². The molecule has 0 spiro atoms. The number of carbonyl (C=O) groups excluding carboxylic acids is 1. The van der Waals surface area contributed by atoms with Gasteiger partial charge in [0.2, 0.25) is 0 Å². The molecular formula is C20H43NO2. The van der Waals surface area contributed by atoms with Crippen LogP contribution in [0.15, 0.2) is 0 Å². The molecule has 0 aromatic heterocycles. The molecule has 0 aliphatic carbocycles. The highest BCUT2D eigenvalue weighted by Crippen LogP contribution is 2.10. The first-order valence-electron chi connectivity index (χ1n) is 10.1. The van der Waals surface area contributed by atoms with E-state index in [-0.39, 0.29) is 6.42 Å². The van der Waals surface area contributed by atoms with Crippen LogP contribution in [0.1, 0.15) is 98.8 Å². The van der Waals surface area contributed by atoms with Gasteiger partial charge in [-0.25, -0.2) is 0 Å². The summed E-state index contributed by atoms with van der Waals surface area (Å²) in [6.07, 6.45) is 11.2. The average Bonchev–Trinajstić information content (AvgIpc) is 2.56. The van der Waals surface area contributed by atoms with E-state index in [4.69, 9.17) is 0 Å². The highest BCUT2D eigenvalue weighted by Gasteiger charge is 2.16. The molecule has 0 bridgehead atoms. The Balaban J connectivity index is 0. The van der Waals surface area contributed by atoms with E-state index in [1.54, 1.807) is 0 Å². The zero-order chi connectivity index (χ0) is 18.0. The van der Waals surface area contributed by atoms with Crippen molar-refractivity contribution >= 4 is 5.97 Å². The molecule has 140 valence electrons. The first-order chi connectivity index (χ1) is 11.0. The second kappa shape index (κ2) is 17.8. The number of hydrogen-bond donors (Lipinski definition) is 0. The fraction of sp³-hybridized carbons (Fsp3) is 0.950. The molecule has 0 saturated heterocycles. The van der Waals surface area contributed by atoms with E-state index in [2.05, 4.69) is 34.6 Å². The van der Waals surface area contributed by atoms with Crippen LogP contribution >= 0.6 is 0 Å². The summed E-state index contributed by atoms with van der Waals surface area (Å²) >= 11 is 0. The average molecular weight is 330 g/mol. The van der Waals surface area contributed by atoms with Crippen molar-refractivity contribution in [3.8, 4) is 0 Å². The van der Waals surface area contributed by atoms with Gasteiger partial charge in [-0.05, 0) is 40.5 Å². The lowest BCUT2D eigenvalue weighted by molar-refractivity contribution is -0.921. The Morgan fingerprint density at radius 2 is 1.00 bits per heavy atom. The molecule has 0 N–H and O–H groups in total. The van der Waals surface area contributed by atoms with Crippen LogP contribution in [0.4, 0.5) is 0 Å². The number of hydrogen-bond acceptors (Lipinski definition) is 2. The molecule has 0 radical (unpaired) electrons. The van der Waals surface area contributed by atoms with Gasteiger partial charge in [0, 0.05) is 5.97 Å². The molecule has 0 unspecified atom stereocenters. The Kier molecular flexibility index (Phi) is 19.1. The second-order valence-corrected chi connectivity index (χ2v) is 6.56. The summed E-state index contributed by atoms with van der Waals surface area (Å²) < 4.78 is 1.28. The fourth-order valence-corrected chi connectivity index (χ4v) is 2.92. The third-order valence-corrected chi connectivity index (χ3v) is 5.17. The van der Waals surface area contributed by atoms with E-state index in [9.17, 15) is 9.90 Å². The van der Waals surface area contributed by atoms with Crippen molar-refractivity contribution in [2.24, 2.45) is 0 Å². The number of carboxylic acids is 1. The van der Waals surface area contributed by atoms with Crippen molar-refractivity contribution in [2.45, 2.75) is 98.8 Å².